The number of carbonyl (C=O) groups excluding carboxylic acids is 1. The van der Waals surface area contributed by atoms with E-state index in [-0.39, 0.29) is 18.2 Å². The minimum Gasteiger partial charge on any atom is -0.444 e. The Morgan fingerprint density at radius 3 is 1.69 bits per heavy atom. The van der Waals surface area contributed by atoms with Crippen LogP contribution >= 0.6 is 0 Å². The van der Waals surface area contributed by atoms with Gasteiger partial charge in [-0.1, -0.05) is 0 Å². The largest absolute Gasteiger partial charge is 0.444 e. The highest BCUT2D eigenvalue weighted by atomic mass is 16.6. The van der Waals surface area contributed by atoms with Gasteiger partial charge in [-0.2, -0.15) is 0 Å². The molecular formula is C29H42N6O4. The van der Waals surface area contributed by atoms with Gasteiger partial charge in [0.25, 0.3) is 0 Å². The Hall–Kier alpha value is -2.69. The molecule has 4 fully saturated rings. The Balaban J connectivity index is 0.000000168. The summed E-state index contributed by atoms with van der Waals surface area (Å²) >= 11 is 0. The molecule has 2 aromatic rings. The van der Waals surface area contributed by atoms with Crippen LogP contribution in [0.4, 0.5) is 4.79 Å². The van der Waals surface area contributed by atoms with Crippen LogP contribution in [0.25, 0.3) is 0 Å². The fourth-order valence-electron chi connectivity index (χ4n) is 7.08. The van der Waals surface area contributed by atoms with Crippen molar-refractivity contribution in [2.24, 2.45) is 0 Å². The molecule has 0 radical (unpaired) electrons. The van der Waals surface area contributed by atoms with Gasteiger partial charge in [-0.25, -0.2) is 4.79 Å². The number of rotatable bonds is 2. The SMILES string of the molecule is Cc1nccnc1C1(O)CC2CCC(C1)N2.Cc1nccnc1C1(O)CC2CCC(C1)N2C(=O)OC(C)(C)C. The summed E-state index contributed by atoms with van der Waals surface area (Å²) in [6.07, 6.45) is 13.0. The summed E-state index contributed by atoms with van der Waals surface area (Å²) < 4.78 is 5.53. The molecule has 0 saturated carbocycles. The lowest BCUT2D eigenvalue weighted by atomic mass is 9.82. The summed E-state index contributed by atoms with van der Waals surface area (Å²) in [5.41, 5.74) is 0.727. The maximum absolute atomic E-state index is 12.5. The molecule has 3 N–H and O–H groups in total. The van der Waals surface area contributed by atoms with Gasteiger partial charge < -0.3 is 25.2 Å². The van der Waals surface area contributed by atoms with Crippen molar-refractivity contribution in [1.29, 1.82) is 0 Å². The molecule has 0 aromatic carbocycles. The van der Waals surface area contributed by atoms with E-state index in [2.05, 4.69) is 25.3 Å². The number of carbonyl (C=O) groups is 1. The summed E-state index contributed by atoms with van der Waals surface area (Å²) in [7, 11) is 0. The van der Waals surface area contributed by atoms with Crippen LogP contribution < -0.4 is 5.32 Å². The summed E-state index contributed by atoms with van der Waals surface area (Å²) in [6.45, 7) is 9.40. The first-order valence-corrected chi connectivity index (χ1v) is 14.2. The van der Waals surface area contributed by atoms with E-state index < -0.39 is 16.8 Å². The maximum Gasteiger partial charge on any atom is 0.410 e. The van der Waals surface area contributed by atoms with Gasteiger partial charge in [0.1, 0.15) is 16.8 Å². The van der Waals surface area contributed by atoms with Crippen LogP contribution in [0.1, 0.15) is 94.9 Å². The van der Waals surface area contributed by atoms with Crippen molar-refractivity contribution in [1.82, 2.24) is 30.2 Å². The molecule has 6 heterocycles. The first-order valence-electron chi connectivity index (χ1n) is 14.2. The standard InChI is InChI=1S/C17H25N3O3.C12H17N3O/c1-11-14(19-8-7-18-11)17(22)9-12-5-6-13(10-17)20(12)15(21)23-16(2,3)4;1-8-11(14-5-4-13-8)12(16)6-9-2-3-10(7-12)15-9/h7-8,12-13,22H,5-6,9-10H2,1-4H3;4-5,9-10,15-16H,2-3,6-7H2,1H3. The summed E-state index contributed by atoms with van der Waals surface area (Å²) in [4.78, 5) is 31.5. The number of fused-ring (bicyclic) bond motifs is 4. The van der Waals surface area contributed by atoms with E-state index in [0.29, 0.717) is 30.6 Å². The Morgan fingerprint density at radius 2 is 1.26 bits per heavy atom. The van der Waals surface area contributed by atoms with Gasteiger partial charge in [0, 0.05) is 61.8 Å². The van der Waals surface area contributed by atoms with Crippen molar-refractivity contribution >= 4 is 6.09 Å². The molecule has 1 amide bonds. The van der Waals surface area contributed by atoms with E-state index >= 15 is 0 Å². The third-order valence-corrected chi connectivity index (χ3v) is 8.52. The van der Waals surface area contributed by atoms with E-state index in [0.717, 1.165) is 42.8 Å². The third-order valence-electron chi connectivity index (χ3n) is 8.52. The molecule has 212 valence electrons. The second-order valence-electron chi connectivity index (χ2n) is 12.8. The number of aromatic nitrogens is 4. The van der Waals surface area contributed by atoms with Crippen LogP contribution in [0.2, 0.25) is 0 Å². The first kappa shape index (κ1) is 27.9. The molecule has 4 aliphatic rings. The molecule has 2 aromatic heterocycles. The zero-order valence-corrected chi connectivity index (χ0v) is 23.7. The van der Waals surface area contributed by atoms with E-state index in [1.54, 1.807) is 24.8 Å². The lowest BCUT2D eigenvalue weighted by Crippen LogP contribution is -2.53. The Bertz CT molecular complexity index is 1170. The number of hydrogen-bond donors (Lipinski definition) is 3. The summed E-state index contributed by atoms with van der Waals surface area (Å²) in [6, 6.07) is 0.889. The molecule has 4 saturated heterocycles. The fraction of sp³-hybridized carbons (Fsp3) is 0.690. The molecule has 0 aliphatic carbocycles. The van der Waals surface area contributed by atoms with Gasteiger partial charge in [-0.05, 0) is 73.1 Å². The predicted molar refractivity (Wildman–Crippen MR) is 145 cm³/mol. The number of aliphatic hydroxyl groups is 2. The normalized spacial score (nSPS) is 33.4. The van der Waals surface area contributed by atoms with Crippen LogP contribution in [-0.2, 0) is 15.9 Å². The molecule has 10 nitrogen and oxygen atoms in total. The van der Waals surface area contributed by atoms with Crippen LogP contribution in [0.5, 0.6) is 0 Å². The number of nitrogens with one attached hydrogen (secondary N) is 1. The van der Waals surface area contributed by atoms with Gasteiger partial charge in [-0.15, -0.1) is 0 Å². The van der Waals surface area contributed by atoms with Crippen LogP contribution in [-0.4, -0.2) is 70.9 Å². The van der Waals surface area contributed by atoms with Crippen LogP contribution in [0.3, 0.4) is 0 Å². The lowest BCUT2D eigenvalue weighted by Gasteiger charge is -2.43. The third kappa shape index (κ3) is 5.78. The Labute approximate surface area is 230 Å². The van der Waals surface area contributed by atoms with Crippen molar-refractivity contribution in [3.63, 3.8) is 0 Å². The highest BCUT2D eigenvalue weighted by molar-refractivity contribution is 5.69. The van der Waals surface area contributed by atoms with Gasteiger partial charge in [-0.3, -0.25) is 19.9 Å². The smallest absolute Gasteiger partial charge is 0.410 e. The van der Waals surface area contributed by atoms with E-state index in [1.165, 1.54) is 12.8 Å². The summed E-state index contributed by atoms with van der Waals surface area (Å²) in [5.74, 6) is 0. The molecule has 4 bridgehead atoms. The van der Waals surface area contributed by atoms with Crippen molar-refractivity contribution < 1.29 is 19.7 Å². The molecule has 4 aliphatic heterocycles. The zero-order chi connectivity index (χ0) is 28.0. The van der Waals surface area contributed by atoms with Gasteiger partial charge in [0.2, 0.25) is 0 Å². The molecule has 4 atom stereocenters. The Kier molecular flexibility index (Phi) is 7.41. The second kappa shape index (κ2) is 10.4. The molecule has 39 heavy (non-hydrogen) atoms. The average Bonchev–Trinajstić information content (AvgIpc) is 3.35. The predicted octanol–water partition coefficient (Wildman–Crippen LogP) is 3.42. The van der Waals surface area contributed by atoms with Crippen molar-refractivity contribution in [3.05, 3.63) is 47.6 Å². The average molecular weight is 539 g/mol. The van der Waals surface area contributed by atoms with E-state index in [1.807, 2.05) is 39.5 Å². The highest BCUT2D eigenvalue weighted by Crippen LogP contribution is 2.46. The van der Waals surface area contributed by atoms with Gasteiger partial charge >= 0.3 is 6.09 Å². The quantitative estimate of drug-likeness (QED) is 0.526. The van der Waals surface area contributed by atoms with Crippen LogP contribution in [0, 0.1) is 13.8 Å². The number of aryl methyl sites for hydroxylation is 2. The minimum atomic E-state index is -1.01. The molecule has 0 spiro atoms. The van der Waals surface area contributed by atoms with Crippen molar-refractivity contribution in [2.45, 2.75) is 127 Å². The molecule has 10 heteroatoms. The van der Waals surface area contributed by atoms with E-state index in [4.69, 9.17) is 4.74 Å². The fourth-order valence-corrected chi connectivity index (χ4v) is 7.08. The summed E-state index contributed by atoms with van der Waals surface area (Å²) in [5, 5.41) is 25.4. The second-order valence-corrected chi connectivity index (χ2v) is 12.8. The van der Waals surface area contributed by atoms with Crippen LogP contribution in [0.15, 0.2) is 24.8 Å². The first-order chi connectivity index (χ1) is 18.4. The monoisotopic (exact) mass is 538 g/mol. The number of nitrogens with zero attached hydrogens (tertiary/aromatic N) is 5. The Morgan fingerprint density at radius 1 is 0.821 bits per heavy atom. The maximum atomic E-state index is 12.5. The number of hydrogen-bond acceptors (Lipinski definition) is 9. The highest BCUT2D eigenvalue weighted by Gasteiger charge is 2.52. The lowest BCUT2D eigenvalue weighted by molar-refractivity contribution is -0.0652. The topological polar surface area (TPSA) is 134 Å². The number of piperidine rings is 2. The zero-order valence-electron chi connectivity index (χ0n) is 23.7. The number of amides is 1. The molecular weight excluding hydrogens is 496 g/mol. The number of ether oxygens (including phenoxy) is 1. The molecule has 6 rings (SSSR count). The van der Waals surface area contributed by atoms with E-state index in [9.17, 15) is 15.0 Å². The molecule has 4 unspecified atom stereocenters. The minimum absolute atomic E-state index is 0.00462. The van der Waals surface area contributed by atoms with Gasteiger partial charge in [0.05, 0.1) is 22.8 Å². The van der Waals surface area contributed by atoms with Crippen molar-refractivity contribution in [3.8, 4) is 0 Å². The van der Waals surface area contributed by atoms with Gasteiger partial charge in [0.15, 0.2) is 0 Å². The van der Waals surface area contributed by atoms with Crippen molar-refractivity contribution in [2.75, 3.05) is 0 Å².